The number of fused-ring (bicyclic) bond motifs is 4. The van der Waals surface area contributed by atoms with E-state index in [9.17, 15) is 9.13 Å². The van der Waals surface area contributed by atoms with Gasteiger partial charge in [0.05, 0.1) is 40.8 Å². The summed E-state index contributed by atoms with van der Waals surface area (Å²) in [5, 5.41) is 0. The molecule has 3 saturated heterocycles. The van der Waals surface area contributed by atoms with Crippen LogP contribution in [0.5, 0.6) is 0 Å². The molecule has 10 atom stereocenters. The third-order valence-corrected chi connectivity index (χ3v) is 9.32. The van der Waals surface area contributed by atoms with E-state index in [0.29, 0.717) is 0 Å². The highest BCUT2D eigenvalue weighted by Gasteiger charge is 2.51. The average molecular weight is 650 g/mol. The molecule has 0 amide bonds. The summed E-state index contributed by atoms with van der Waals surface area (Å²) in [6.45, 7) is -1.44. The zero-order chi connectivity index (χ0) is 31.0. The lowest BCUT2D eigenvalue weighted by Crippen LogP contribution is -2.37. The van der Waals surface area contributed by atoms with Gasteiger partial charge in [0.15, 0.2) is 47.7 Å². The van der Waals surface area contributed by atoms with E-state index in [1.54, 1.807) is 0 Å². The first kappa shape index (κ1) is 29.6. The van der Waals surface area contributed by atoms with Crippen molar-refractivity contribution in [2.24, 2.45) is 0 Å². The van der Waals surface area contributed by atoms with Crippen molar-refractivity contribution in [1.82, 2.24) is 39.0 Å². The van der Waals surface area contributed by atoms with Crippen LogP contribution in [-0.2, 0) is 36.7 Å². The van der Waals surface area contributed by atoms with Gasteiger partial charge in [-0.2, -0.15) is 0 Å². The summed E-state index contributed by atoms with van der Waals surface area (Å²) < 4.78 is 93.7. The first-order chi connectivity index (χ1) is 20.9. The zero-order valence-electron chi connectivity index (χ0n) is 22.1. The molecule has 7 rings (SSSR count). The second kappa shape index (κ2) is 10.8. The molecule has 0 saturated carbocycles. The van der Waals surface area contributed by atoms with Gasteiger partial charge in [-0.05, 0) is 0 Å². The number of alkyl halides is 2. The molecule has 0 aromatic carbocycles. The number of nitrogens with zero attached hydrogens (tertiary/aromatic N) is 8. The molecule has 4 N–H and O–H groups in total. The molecule has 4 aromatic rings. The van der Waals surface area contributed by atoms with Gasteiger partial charge in [-0.3, -0.25) is 9.13 Å². The van der Waals surface area contributed by atoms with Gasteiger partial charge in [0.2, 0.25) is 0 Å². The second-order valence-corrected chi connectivity index (χ2v) is 13.1. The normalized spacial score (nSPS) is 38.3. The topological polar surface area (TPSA) is 229 Å². The Morgan fingerprint density at radius 3 is 1.55 bits per heavy atom. The second-order valence-electron chi connectivity index (χ2n) is 10.00. The van der Waals surface area contributed by atoms with Crippen LogP contribution in [0.3, 0.4) is 0 Å². The van der Waals surface area contributed by atoms with E-state index in [-0.39, 0.29) is 34.0 Å². The summed E-state index contributed by atoms with van der Waals surface area (Å²) in [5.41, 5.74) is 12.2. The largest absolute Gasteiger partial charge is 0.444 e. The first-order valence-electron chi connectivity index (χ1n) is 12.8. The molecule has 44 heavy (non-hydrogen) atoms. The summed E-state index contributed by atoms with van der Waals surface area (Å²) in [5.74, 6) is 0.0724. The minimum absolute atomic E-state index is 0.0362. The molecule has 6 radical (unpaired) electrons. The smallest absolute Gasteiger partial charge is 0.174 e. The number of hydrogen-bond acceptors (Lipinski definition) is 16. The molecule has 0 spiro atoms. The van der Waals surface area contributed by atoms with Gasteiger partial charge in [0.25, 0.3) is 0 Å². The maximum atomic E-state index is 15.9. The molecule has 18 nitrogen and oxygen atoms in total. The fraction of sp³-hybridized carbons (Fsp3) is 0.500. The number of halogens is 2. The van der Waals surface area contributed by atoms with Crippen molar-refractivity contribution >= 4 is 64.0 Å². The lowest BCUT2D eigenvalue weighted by atomic mass is 10.1. The molecular formula is C20H20B2F2N10O8P2-2. The van der Waals surface area contributed by atoms with Gasteiger partial charge < -0.3 is 63.3 Å². The maximum Gasteiger partial charge on any atom is 0.174 e. The van der Waals surface area contributed by atoms with Crippen LogP contribution in [0, 0.1) is 0 Å². The SMILES string of the molecule is [B-]P1(=O)OC[C@H]2O[C@@H](n3cnc4c(N)ncnc43)C(F)[C@H]2OP([B-])(=O)OC[C@H]2O[C@@H](n3cnc4c(N)ncnc43)[C@@H](F)C2O1. The number of imidazole rings is 2. The molecule has 7 heterocycles. The number of anilines is 2. The number of rotatable bonds is 2. The Bertz CT molecular complexity index is 1710. The molecule has 230 valence electrons. The van der Waals surface area contributed by atoms with Gasteiger partial charge in [-0.15, -0.1) is 0 Å². The van der Waals surface area contributed by atoms with Crippen LogP contribution in [0.15, 0.2) is 25.3 Å². The van der Waals surface area contributed by atoms with Crippen molar-refractivity contribution in [3.63, 3.8) is 0 Å². The fourth-order valence-electron chi connectivity index (χ4n) is 5.22. The van der Waals surface area contributed by atoms with Crippen LogP contribution < -0.4 is 11.5 Å². The Balaban J connectivity index is 1.17. The van der Waals surface area contributed by atoms with E-state index in [4.69, 9.17) is 54.2 Å². The third-order valence-electron chi connectivity index (χ3n) is 7.23. The van der Waals surface area contributed by atoms with E-state index in [2.05, 4.69) is 29.9 Å². The summed E-state index contributed by atoms with van der Waals surface area (Å²) in [4.78, 5) is 23.9. The van der Waals surface area contributed by atoms with Crippen LogP contribution in [-0.4, -0.2) is 104 Å². The van der Waals surface area contributed by atoms with Crippen molar-refractivity contribution in [3.05, 3.63) is 25.3 Å². The molecule has 0 bridgehead atoms. The number of nitrogen functional groups attached to an aromatic ring is 2. The lowest BCUT2D eigenvalue weighted by molar-refractivity contribution is -0.0548. The van der Waals surface area contributed by atoms with Crippen LogP contribution in [0.2, 0.25) is 0 Å². The fourth-order valence-corrected chi connectivity index (χ4v) is 7.24. The maximum absolute atomic E-state index is 15.9. The zero-order valence-corrected chi connectivity index (χ0v) is 23.9. The molecular weight excluding hydrogens is 630 g/mol. The van der Waals surface area contributed by atoms with Crippen LogP contribution >= 0.6 is 14.9 Å². The number of ether oxygens (including phenoxy) is 2. The van der Waals surface area contributed by atoms with E-state index < -0.39 is 77.4 Å². The molecule has 3 fully saturated rings. The summed E-state index contributed by atoms with van der Waals surface area (Å²) in [7, 11) is 2.45. The Morgan fingerprint density at radius 2 is 1.14 bits per heavy atom. The van der Waals surface area contributed by atoms with Crippen LogP contribution in [0.25, 0.3) is 22.3 Å². The standard InChI is InChI=1S/C20H20B2F2N10O8P2/c21-43(35)37-1-7-13(9(23)19(39-7)33-5-31-11-15(25)27-3-29-17(11)33)41-44(22,36)38-2-8-14(42-43)10(24)20(40-8)34-6-32-12-16(26)28-4-30-18(12)34/h3-10,13-14,19-20H,1-2H2,(H2,25,27,29)(H2,26,28,30)/q-2/t7-,8-,9+,10?,13?,14+,19-,20-,43?,44?/m1/s1. The minimum atomic E-state index is -4.59. The van der Waals surface area contributed by atoms with Crippen molar-refractivity contribution in [1.29, 1.82) is 0 Å². The third kappa shape index (κ3) is 5.08. The van der Waals surface area contributed by atoms with Crippen molar-refractivity contribution < 1.29 is 45.5 Å². The van der Waals surface area contributed by atoms with Crippen molar-refractivity contribution in [2.45, 2.75) is 49.2 Å². The predicted octanol–water partition coefficient (Wildman–Crippen LogP) is 0.672. The van der Waals surface area contributed by atoms with E-state index in [1.807, 2.05) is 0 Å². The number of aromatic nitrogens is 8. The highest BCUT2D eigenvalue weighted by molar-refractivity contribution is 7.79. The Morgan fingerprint density at radius 1 is 0.727 bits per heavy atom. The summed E-state index contributed by atoms with van der Waals surface area (Å²) in [6, 6.07) is 0. The quantitative estimate of drug-likeness (QED) is 0.224. The molecule has 3 aliphatic rings. The Kier molecular flexibility index (Phi) is 7.25. The highest BCUT2D eigenvalue weighted by atomic mass is 31.2. The van der Waals surface area contributed by atoms with Gasteiger partial charge in [-0.25, -0.2) is 38.7 Å². The van der Waals surface area contributed by atoms with Crippen molar-refractivity contribution in [2.75, 3.05) is 24.7 Å². The number of hydrogen-bond donors (Lipinski definition) is 2. The Labute approximate surface area is 247 Å². The molecule has 0 aliphatic carbocycles. The van der Waals surface area contributed by atoms with Crippen molar-refractivity contribution in [3.8, 4) is 0 Å². The first-order valence-corrected chi connectivity index (χ1v) is 16.0. The molecule has 4 aromatic heterocycles. The predicted molar refractivity (Wildman–Crippen MR) is 145 cm³/mol. The lowest BCUT2D eigenvalue weighted by Gasteiger charge is -2.37. The van der Waals surface area contributed by atoms with Gasteiger partial charge in [0.1, 0.15) is 48.1 Å². The van der Waals surface area contributed by atoms with Gasteiger partial charge in [0, 0.05) is 0 Å². The minimum Gasteiger partial charge on any atom is -0.444 e. The Hall–Kier alpha value is -3.09. The van der Waals surface area contributed by atoms with E-state index >= 15 is 8.78 Å². The molecule has 4 unspecified atom stereocenters. The molecule has 24 heteroatoms. The van der Waals surface area contributed by atoms with Gasteiger partial charge >= 0.3 is 0 Å². The van der Waals surface area contributed by atoms with E-state index in [0.717, 1.165) is 12.7 Å². The molecule has 3 aliphatic heterocycles. The summed E-state index contributed by atoms with van der Waals surface area (Å²) in [6.07, 6.45) is -8.62. The van der Waals surface area contributed by atoms with Gasteiger partial charge in [-0.1, -0.05) is 0 Å². The van der Waals surface area contributed by atoms with Crippen LogP contribution in [0.4, 0.5) is 20.4 Å². The van der Waals surface area contributed by atoms with Crippen LogP contribution in [0.1, 0.15) is 12.5 Å². The average Bonchev–Trinajstić information content (AvgIpc) is 3.73. The number of nitrogens with two attached hydrogens (primary N) is 2. The monoisotopic (exact) mass is 650 g/mol. The highest BCUT2D eigenvalue weighted by Crippen LogP contribution is 2.54. The van der Waals surface area contributed by atoms with E-state index in [1.165, 1.54) is 21.8 Å². The summed E-state index contributed by atoms with van der Waals surface area (Å²) >= 11 is 0.